The van der Waals surface area contributed by atoms with E-state index < -0.39 is 5.63 Å². The predicted molar refractivity (Wildman–Crippen MR) is 71.1 cm³/mol. The first-order valence-electron chi connectivity index (χ1n) is 5.69. The summed E-state index contributed by atoms with van der Waals surface area (Å²) in [6.07, 6.45) is 0. The molecular formula is C14H13NO4. The van der Waals surface area contributed by atoms with Crippen molar-refractivity contribution in [2.75, 3.05) is 5.32 Å². The molecular weight excluding hydrogens is 246 g/mol. The molecule has 1 aromatic carbocycles. The van der Waals surface area contributed by atoms with E-state index in [1.807, 2.05) is 0 Å². The number of carbonyl (C=O) groups excluding carboxylic acids is 1. The molecule has 0 aliphatic heterocycles. The van der Waals surface area contributed by atoms with Crippen LogP contribution in [-0.2, 0) is 4.79 Å². The lowest BCUT2D eigenvalue weighted by Gasteiger charge is -2.05. The van der Waals surface area contributed by atoms with E-state index in [2.05, 4.69) is 5.32 Å². The van der Waals surface area contributed by atoms with Crippen molar-refractivity contribution in [3.8, 4) is 17.1 Å². The summed E-state index contributed by atoms with van der Waals surface area (Å²) in [7, 11) is 0. The van der Waals surface area contributed by atoms with E-state index in [1.165, 1.54) is 19.9 Å². The number of amides is 1. The lowest BCUT2D eigenvalue weighted by atomic mass is 10.1. The topological polar surface area (TPSA) is 79.5 Å². The Hall–Kier alpha value is -2.56. The zero-order chi connectivity index (χ0) is 14.0. The fourth-order valence-corrected chi connectivity index (χ4v) is 1.61. The molecule has 0 atom stereocenters. The van der Waals surface area contributed by atoms with Gasteiger partial charge in [-0.1, -0.05) is 0 Å². The molecule has 0 spiro atoms. The molecule has 2 N–H and O–H groups in total. The largest absolute Gasteiger partial charge is 0.507 e. The van der Waals surface area contributed by atoms with Gasteiger partial charge in [-0.05, 0) is 31.2 Å². The zero-order valence-electron chi connectivity index (χ0n) is 10.6. The van der Waals surface area contributed by atoms with Crippen LogP contribution in [0.4, 0.5) is 5.69 Å². The molecule has 0 radical (unpaired) electrons. The zero-order valence-corrected chi connectivity index (χ0v) is 10.6. The Morgan fingerprint density at radius 1 is 1.26 bits per heavy atom. The molecule has 1 aromatic heterocycles. The van der Waals surface area contributed by atoms with E-state index in [0.29, 0.717) is 11.3 Å². The molecule has 5 nitrogen and oxygen atoms in total. The summed E-state index contributed by atoms with van der Waals surface area (Å²) < 4.78 is 5.09. The number of hydrogen-bond acceptors (Lipinski definition) is 4. The number of hydrogen-bond donors (Lipinski definition) is 2. The fourth-order valence-electron chi connectivity index (χ4n) is 1.61. The summed E-state index contributed by atoms with van der Waals surface area (Å²) in [5.74, 6) is 0.0203. The molecule has 0 saturated heterocycles. The highest BCUT2D eigenvalue weighted by molar-refractivity contribution is 5.88. The Bertz CT molecular complexity index is 671. The first-order chi connectivity index (χ1) is 8.97. The van der Waals surface area contributed by atoms with Gasteiger partial charge in [0.25, 0.3) is 0 Å². The maximum absolute atomic E-state index is 11.5. The Balaban J connectivity index is 2.37. The monoisotopic (exact) mass is 259 g/mol. The number of benzene rings is 1. The highest BCUT2D eigenvalue weighted by Crippen LogP contribution is 2.24. The van der Waals surface area contributed by atoms with Gasteiger partial charge in [0.2, 0.25) is 5.91 Å². The highest BCUT2D eigenvalue weighted by Gasteiger charge is 2.08. The van der Waals surface area contributed by atoms with Crippen molar-refractivity contribution in [3.63, 3.8) is 0 Å². The van der Waals surface area contributed by atoms with Crippen LogP contribution in [0.25, 0.3) is 11.3 Å². The molecule has 0 fully saturated rings. The summed E-state index contributed by atoms with van der Waals surface area (Å²) >= 11 is 0. The van der Waals surface area contributed by atoms with Crippen molar-refractivity contribution in [2.24, 2.45) is 0 Å². The van der Waals surface area contributed by atoms with Gasteiger partial charge in [0.05, 0.1) is 5.56 Å². The van der Waals surface area contributed by atoms with Gasteiger partial charge in [-0.25, -0.2) is 4.79 Å². The molecule has 0 bridgehead atoms. The molecule has 0 aliphatic rings. The lowest BCUT2D eigenvalue weighted by molar-refractivity contribution is -0.114. The van der Waals surface area contributed by atoms with Crippen LogP contribution in [0.1, 0.15) is 12.5 Å². The molecule has 0 unspecified atom stereocenters. The minimum Gasteiger partial charge on any atom is -0.507 e. The van der Waals surface area contributed by atoms with Gasteiger partial charge in [-0.2, -0.15) is 0 Å². The SMILES string of the molecule is CC(=O)Nc1ccc(-c2cc(O)c(C)c(=O)o2)cc1. The Kier molecular flexibility index (Phi) is 3.37. The number of carbonyl (C=O) groups is 1. The van der Waals surface area contributed by atoms with Crippen molar-refractivity contribution in [3.05, 3.63) is 46.3 Å². The van der Waals surface area contributed by atoms with Crippen LogP contribution >= 0.6 is 0 Å². The highest BCUT2D eigenvalue weighted by atomic mass is 16.4. The smallest absolute Gasteiger partial charge is 0.342 e. The first-order valence-corrected chi connectivity index (χ1v) is 5.69. The number of nitrogens with one attached hydrogen (secondary N) is 1. The lowest BCUT2D eigenvalue weighted by Crippen LogP contribution is -2.05. The molecule has 5 heteroatoms. The Morgan fingerprint density at radius 3 is 2.42 bits per heavy atom. The average Bonchev–Trinajstić information content (AvgIpc) is 2.35. The van der Waals surface area contributed by atoms with Gasteiger partial charge in [0, 0.05) is 24.2 Å². The van der Waals surface area contributed by atoms with Crippen molar-refractivity contribution in [2.45, 2.75) is 13.8 Å². The summed E-state index contributed by atoms with van der Waals surface area (Å²) in [6.45, 7) is 2.91. The van der Waals surface area contributed by atoms with Crippen molar-refractivity contribution >= 4 is 11.6 Å². The van der Waals surface area contributed by atoms with Gasteiger partial charge in [-0.3, -0.25) is 4.79 Å². The molecule has 2 aromatic rings. The van der Waals surface area contributed by atoms with Crippen LogP contribution in [0.5, 0.6) is 5.75 Å². The Labute approximate surface area is 109 Å². The van der Waals surface area contributed by atoms with Crippen LogP contribution < -0.4 is 10.9 Å². The molecule has 0 aliphatic carbocycles. The average molecular weight is 259 g/mol. The molecule has 1 amide bonds. The fraction of sp³-hybridized carbons (Fsp3) is 0.143. The first kappa shape index (κ1) is 12.9. The van der Waals surface area contributed by atoms with E-state index in [0.717, 1.165) is 0 Å². The van der Waals surface area contributed by atoms with E-state index in [1.54, 1.807) is 24.3 Å². The predicted octanol–water partition coefficient (Wildman–Crippen LogP) is 2.28. The van der Waals surface area contributed by atoms with E-state index in [9.17, 15) is 14.7 Å². The van der Waals surface area contributed by atoms with Crippen molar-refractivity contribution in [1.29, 1.82) is 0 Å². The maximum Gasteiger partial charge on any atom is 0.342 e. The second-order valence-corrected chi connectivity index (χ2v) is 4.17. The standard InChI is InChI=1S/C14H13NO4/c1-8-12(17)7-13(19-14(8)18)10-3-5-11(6-4-10)15-9(2)16/h3-7,17H,1-2H3,(H,15,16). The van der Waals surface area contributed by atoms with Gasteiger partial charge in [-0.15, -0.1) is 0 Å². The summed E-state index contributed by atoms with van der Waals surface area (Å²) in [4.78, 5) is 22.4. The van der Waals surface area contributed by atoms with Crippen LogP contribution in [-0.4, -0.2) is 11.0 Å². The second kappa shape index (κ2) is 4.97. The van der Waals surface area contributed by atoms with Crippen molar-refractivity contribution < 1.29 is 14.3 Å². The second-order valence-electron chi connectivity index (χ2n) is 4.17. The molecule has 19 heavy (non-hydrogen) atoms. The minimum atomic E-state index is -0.569. The summed E-state index contributed by atoms with van der Waals surface area (Å²) in [6, 6.07) is 8.15. The number of aromatic hydroxyl groups is 1. The van der Waals surface area contributed by atoms with Crippen LogP contribution in [0.15, 0.2) is 39.5 Å². The van der Waals surface area contributed by atoms with Gasteiger partial charge in [0.1, 0.15) is 11.5 Å². The number of rotatable bonds is 2. The van der Waals surface area contributed by atoms with E-state index in [-0.39, 0.29) is 23.0 Å². The molecule has 0 saturated carbocycles. The van der Waals surface area contributed by atoms with Crippen LogP contribution in [0.2, 0.25) is 0 Å². The van der Waals surface area contributed by atoms with Crippen LogP contribution in [0.3, 0.4) is 0 Å². The van der Waals surface area contributed by atoms with Crippen molar-refractivity contribution in [1.82, 2.24) is 0 Å². The third kappa shape index (κ3) is 2.82. The molecule has 1 heterocycles. The van der Waals surface area contributed by atoms with E-state index in [4.69, 9.17) is 4.42 Å². The van der Waals surface area contributed by atoms with Gasteiger partial charge in [0.15, 0.2) is 0 Å². The summed E-state index contributed by atoms with van der Waals surface area (Å²) in [5, 5.41) is 12.2. The molecule has 98 valence electrons. The van der Waals surface area contributed by atoms with E-state index >= 15 is 0 Å². The van der Waals surface area contributed by atoms with Gasteiger partial charge < -0.3 is 14.8 Å². The van der Waals surface area contributed by atoms with Gasteiger partial charge >= 0.3 is 5.63 Å². The maximum atomic E-state index is 11.5. The van der Waals surface area contributed by atoms with Crippen LogP contribution in [0, 0.1) is 6.92 Å². The quantitative estimate of drug-likeness (QED) is 0.867. The third-order valence-corrected chi connectivity index (χ3v) is 2.65. The minimum absolute atomic E-state index is 0.0998. The number of anilines is 1. The normalized spacial score (nSPS) is 10.2. The Morgan fingerprint density at radius 2 is 1.89 bits per heavy atom. The third-order valence-electron chi connectivity index (χ3n) is 2.65. The summed E-state index contributed by atoms with van der Waals surface area (Å²) in [5.41, 5.74) is 0.899. The molecule has 2 rings (SSSR count).